The van der Waals surface area contributed by atoms with Gasteiger partial charge >= 0.3 is 5.97 Å². The first-order chi connectivity index (χ1) is 10.1. The maximum Gasteiger partial charge on any atom is 0.322 e. The topological polar surface area (TPSA) is 136 Å². The highest BCUT2D eigenvalue weighted by molar-refractivity contribution is 7.89. The SMILES string of the molecule is COc1cc(F)cc(F)c1S(=O)(=O)N[C@@H](CC(N)=O)C(=O)O. The van der Waals surface area contributed by atoms with Crippen LogP contribution in [0.15, 0.2) is 17.0 Å². The van der Waals surface area contributed by atoms with Crippen LogP contribution in [-0.2, 0) is 19.6 Å². The molecule has 0 saturated carbocycles. The average molecular weight is 338 g/mol. The molecule has 0 aromatic heterocycles. The second-order valence-electron chi connectivity index (χ2n) is 4.10. The highest BCUT2D eigenvalue weighted by Gasteiger charge is 2.31. The zero-order chi connectivity index (χ0) is 17.1. The number of carboxylic acids is 1. The monoisotopic (exact) mass is 338 g/mol. The van der Waals surface area contributed by atoms with E-state index in [0.29, 0.717) is 12.1 Å². The van der Waals surface area contributed by atoms with Gasteiger partial charge in [-0.15, -0.1) is 0 Å². The number of carbonyl (C=O) groups excluding carboxylic acids is 1. The number of amides is 1. The normalized spacial score (nSPS) is 12.7. The van der Waals surface area contributed by atoms with Crippen molar-refractivity contribution in [1.82, 2.24) is 4.72 Å². The molecular weight excluding hydrogens is 326 g/mol. The lowest BCUT2D eigenvalue weighted by atomic mass is 10.2. The Kier molecular flexibility index (Phi) is 5.38. The third-order valence-electron chi connectivity index (χ3n) is 2.46. The van der Waals surface area contributed by atoms with E-state index in [1.807, 2.05) is 0 Å². The second kappa shape index (κ2) is 6.66. The first kappa shape index (κ1) is 17.8. The minimum absolute atomic E-state index is 0.293. The third-order valence-corrected chi connectivity index (χ3v) is 3.99. The Hall–Kier alpha value is -2.27. The molecule has 0 unspecified atom stereocenters. The standard InChI is InChI=1S/C11H12F2N2O6S/c1-21-8-3-5(12)2-6(13)10(8)22(19,20)15-7(11(17)18)4-9(14)16/h2-3,7,15H,4H2,1H3,(H2,14,16)(H,17,18)/t7-/m0/s1. The molecule has 1 rings (SSSR count). The van der Waals surface area contributed by atoms with Crippen LogP contribution in [0.2, 0.25) is 0 Å². The van der Waals surface area contributed by atoms with Gasteiger partial charge in [0.25, 0.3) is 0 Å². The molecule has 0 aliphatic carbocycles. The van der Waals surface area contributed by atoms with Crippen molar-refractivity contribution in [2.75, 3.05) is 7.11 Å². The summed E-state index contributed by atoms with van der Waals surface area (Å²) in [5, 5.41) is 8.85. The summed E-state index contributed by atoms with van der Waals surface area (Å²) in [6.07, 6.45) is -0.848. The van der Waals surface area contributed by atoms with Crippen molar-refractivity contribution in [3.05, 3.63) is 23.8 Å². The average Bonchev–Trinajstić information content (AvgIpc) is 2.35. The van der Waals surface area contributed by atoms with Crippen LogP contribution in [0.3, 0.4) is 0 Å². The maximum atomic E-state index is 13.7. The number of benzene rings is 1. The fourth-order valence-corrected chi connectivity index (χ4v) is 2.98. The van der Waals surface area contributed by atoms with E-state index < -0.39 is 56.6 Å². The van der Waals surface area contributed by atoms with Crippen LogP contribution >= 0.6 is 0 Å². The minimum Gasteiger partial charge on any atom is -0.495 e. The fourth-order valence-electron chi connectivity index (χ4n) is 1.58. The van der Waals surface area contributed by atoms with Crippen LogP contribution in [0, 0.1) is 11.6 Å². The summed E-state index contributed by atoms with van der Waals surface area (Å²) in [5.41, 5.74) is 4.81. The van der Waals surface area contributed by atoms with Gasteiger partial charge in [-0.05, 0) is 0 Å². The molecule has 1 amide bonds. The molecule has 0 spiro atoms. The molecule has 8 nitrogen and oxygen atoms in total. The zero-order valence-corrected chi connectivity index (χ0v) is 12.0. The number of ether oxygens (including phenoxy) is 1. The van der Waals surface area contributed by atoms with E-state index in [9.17, 15) is 26.8 Å². The molecule has 0 aliphatic heterocycles. The van der Waals surface area contributed by atoms with Crippen molar-refractivity contribution in [3.8, 4) is 5.75 Å². The summed E-state index contributed by atoms with van der Waals surface area (Å²) in [4.78, 5) is 20.6. The number of sulfonamides is 1. The smallest absolute Gasteiger partial charge is 0.322 e. The van der Waals surface area contributed by atoms with E-state index in [1.54, 1.807) is 4.72 Å². The quantitative estimate of drug-likeness (QED) is 0.618. The van der Waals surface area contributed by atoms with Crippen LogP contribution in [-0.4, -0.2) is 38.6 Å². The molecule has 1 aromatic rings. The highest BCUT2D eigenvalue weighted by Crippen LogP contribution is 2.28. The Bertz CT molecular complexity index is 707. The van der Waals surface area contributed by atoms with Gasteiger partial charge in [-0.3, -0.25) is 9.59 Å². The van der Waals surface area contributed by atoms with Gasteiger partial charge in [-0.2, -0.15) is 4.72 Å². The van der Waals surface area contributed by atoms with Crippen LogP contribution < -0.4 is 15.2 Å². The number of nitrogens with one attached hydrogen (secondary N) is 1. The molecule has 1 aromatic carbocycles. The summed E-state index contributed by atoms with van der Waals surface area (Å²) in [7, 11) is -3.77. The number of halogens is 2. The second-order valence-corrected chi connectivity index (χ2v) is 5.75. The molecule has 0 radical (unpaired) electrons. The number of primary amides is 1. The number of aliphatic carboxylic acids is 1. The number of methoxy groups -OCH3 is 1. The minimum atomic E-state index is -4.75. The summed E-state index contributed by atoms with van der Waals surface area (Å²) < 4.78 is 57.1. The van der Waals surface area contributed by atoms with Gasteiger partial charge in [-0.25, -0.2) is 17.2 Å². The van der Waals surface area contributed by atoms with Crippen molar-refractivity contribution in [2.45, 2.75) is 17.4 Å². The molecular formula is C11H12F2N2O6S. The van der Waals surface area contributed by atoms with Gasteiger partial charge in [0.05, 0.1) is 13.5 Å². The molecule has 0 bridgehead atoms. The Balaban J connectivity index is 3.30. The van der Waals surface area contributed by atoms with Crippen LogP contribution in [0.1, 0.15) is 6.42 Å². The van der Waals surface area contributed by atoms with E-state index in [0.717, 1.165) is 7.11 Å². The predicted molar refractivity (Wildman–Crippen MR) is 68.5 cm³/mol. The van der Waals surface area contributed by atoms with Gasteiger partial charge < -0.3 is 15.6 Å². The molecule has 0 aliphatic rings. The number of carbonyl (C=O) groups is 2. The largest absolute Gasteiger partial charge is 0.495 e. The van der Waals surface area contributed by atoms with Gasteiger partial charge in [0.15, 0.2) is 4.90 Å². The molecule has 0 fully saturated rings. The predicted octanol–water partition coefficient (Wildman–Crippen LogP) is -0.420. The molecule has 0 heterocycles. The Labute approximate surface area is 123 Å². The molecule has 122 valence electrons. The van der Waals surface area contributed by atoms with Crippen molar-refractivity contribution in [2.24, 2.45) is 5.73 Å². The zero-order valence-electron chi connectivity index (χ0n) is 11.2. The van der Waals surface area contributed by atoms with Crippen LogP contribution in [0.25, 0.3) is 0 Å². The lowest BCUT2D eigenvalue weighted by Crippen LogP contribution is -2.43. The molecule has 0 saturated heterocycles. The molecule has 22 heavy (non-hydrogen) atoms. The van der Waals surface area contributed by atoms with Crippen molar-refractivity contribution in [3.63, 3.8) is 0 Å². The van der Waals surface area contributed by atoms with E-state index >= 15 is 0 Å². The van der Waals surface area contributed by atoms with Crippen LogP contribution in [0.5, 0.6) is 5.75 Å². The number of carboxylic acid groups (broad SMARTS) is 1. The van der Waals surface area contributed by atoms with Gasteiger partial charge in [0, 0.05) is 12.1 Å². The molecule has 1 atom stereocenters. The maximum absolute atomic E-state index is 13.7. The van der Waals surface area contributed by atoms with E-state index in [2.05, 4.69) is 4.74 Å². The summed E-state index contributed by atoms with van der Waals surface area (Å²) in [6.45, 7) is 0. The van der Waals surface area contributed by atoms with Gasteiger partial charge in [-0.1, -0.05) is 0 Å². The fraction of sp³-hybridized carbons (Fsp3) is 0.273. The van der Waals surface area contributed by atoms with Crippen molar-refractivity contribution >= 4 is 21.9 Å². The van der Waals surface area contributed by atoms with Gasteiger partial charge in [0.2, 0.25) is 15.9 Å². The van der Waals surface area contributed by atoms with Crippen molar-refractivity contribution in [1.29, 1.82) is 0 Å². The van der Waals surface area contributed by atoms with E-state index in [-0.39, 0.29) is 0 Å². The number of hydrogen-bond acceptors (Lipinski definition) is 5. The first-order valence-electron chi connectivity index (χ1n) is 5.65. The Morgan fingerprint density at radius 1 is 1.41 bits per heavy atom. The number of hydrogen-bond donors (Lipinski definition) is 3. The van der Waals surface area contributed by atoms with Gasteiger partial charge in [0.1, 0.15) is 23.4 Å². The lowest BCUT2D eigenvalue weighted by Gasteiger charge is -2.15. The number of nitrogens with two attached hydrogens (primary N) is 1. The number of rotatable bonds is 7. The summed E-state index contributed by atoms with van der Waals surface area (Å²) in [6, 6.07) is -1.00. The lowest BCUT2D eigenvalue weighted by molar-refractivity contribution is -0.140. The first-order valence-corrected chi connectivity index (χ1v) is 7.13. The van der Waals surface area contributed by atoms with Crippen LogP contribution in [0.4, 0.5) is 8.78 Å². The Morgan fingerprint density at radius 3 is 2.45 bits per heavy atom. The molecule has 4 N–H and O–H groups in total. The summed E-state index contributed by atoms with van der Waals surface area (Å²) >= 11 is 0. The van der Waals surface area contributed by atoms with Crippen molar-refractivity contribution < 1.29 is 36.6 Å². The third kappa shape index (κ3) is 4.11. The molecule has 11 heteroatoms. The summed E-state index contributed by atoms with van der Waals surface area (Å²) in [5.74, 6) is -5.99. The Morgan fingerprint density at radius 2 is 2.00 bits per heavy atom. The highest BCUT2D eigenvalue weighted by atomic mass is 32.2. The van der Waals surface area contributed by atoms with E-state index in [1.165, 1.54) is 0 Å². The van der Waals surface area contributed by atoms with E-state index in [4.69, 9.17) is 10.8 Å².